The van der Waals surface area contributed by atoms with Gasteiger partial charge in [-0.05, 0) is 30.7 Å². The van der Waals surface area contributed by atoms with Crippen molar-refractivity contribution in [3.8, 4) is 11.5 Å². The first-order valence-corrected chi connectivity index (χ1v) is 7.10. The number of pyridine rings is 1. The number of carbonyl (C=O) groups excluding carboxylic acids is 1. The predicted octanol–water partition coefficient (Wildman–Crippen LogP) is 3.57. The fourth-order valence-corrected chi connectivity index (χ4v) is 2.00. The van der Waals surface area contributed by atoms with E-state index in [1.54, 1.807) is 31.2 Å². The number of nitrogens with zero attached hydrogens (tertiary/aromatic N) is 1. The number of urea groups is 1. The van der Waals surface area contributed by atoms with Gasteiger partial charge >= 0.3 is 12.6 Å². The molecule has 0 saturated heterocycles. The fourth-order valence-electron chi connectivity index (χ4n) is 2.00. The number of benzene rings is 1. The molecule has 1 atom stereocenters. The molecule has 128 valence electrons. The molecule has 1 heterocycles. The lowest BCUT2D eigenvalue weighted by atomic mass is 10.1. The second-order valence-corrected chi connectivity index (χ2v) is 4.85. The average molecular weight is 337 g/mol. The van der Waals surface area contributed by atoms with Crippen LogP contribution in [0.3, 0.4) is 0 Å². The van der Waals surface area contributed by atoms with Crippen molar-refractivity contribution in [1.82, 2.24) is 10.3 Å². The normalized spacial score (nSPS) is 11.7. The Balaban J connectivity index is 1.98. The van der Waals surface area contributed by atoms with Gasteiger partial charge in [0.05, 0.1) is 13.2 Å². The number of nitrogens with one attached hydrogen (secondary N) is 2. The number of hydrogen-bond acceptors (Lipinski definition) is 4. The molecule has 0 spiro atoms. The SMILES string of the molecule is COc1ccnc(NC(=O)NC(C)c2cccc(OC(F)F)c2)c1. The maximum atomic E-state index is 12.2. The zero-order valence-electron chi connectivity index (χ0n) is 13.1. The minimum Gasteiger partial charge on any atom is -0.497 e. The smallest absolute Gasteiger partial charge is 0.387 e. The van der Waals surface area contributed by atoms with E-state index >= 15 is 0 Å². The summed E-state index contributed by atoms with van der Waals surface area (Å²) in [4.78, 5) is 16.0. The molecular formula is C16H17F2N3O3. The number of anilines is 1. The summed E-state index contributed by atoms with van der Waals surface area (Å²) in [5.74, 6) is 0.921. The largest absolute Gasteiger partial charge is 0.497 e. The van der Waals surface area contributed by atoms with Crippen molar-refractivity contribution in [3.05, 3.63) is 48.2 Å². The van der Waals surface area contributed by atoms with Gasteiger partial charge in [0.15, 0.2) is 0 Å². The van der Waals surface area contributed by atoms with E-state index in [0.717, 1.165) is 0 Å². The number of carbonyl (C=O) groups is 1. The summed E-state index contributed by atoms with van der Waals surface area (Å²) in [6, 6.07) is 8.46. The molecule has 2 amide bonds. The monoisotopic (exact) mass is 337 g/mol. The zero-order chi connectivity index (χ0) is 17.5. The van der Waals surface area contributed by atoms with E-state index < -0.39 is 18.7 Å². The zero-order valence-corrected chi connectivity index (χ0v) is 13.1. The number of halogens is 2. The number of ether oxygens (including phenoxy) is 2. The van der Waals surface area contributed by atoms with Crippen molar-refractivity contribution in [2.45, 2.75) is 19.6 Å². The highest BCUT2D eigenvalue weighted by Gasteiger charge is 2.12. The summed E-state index contributed by atoms with van der Waals surface area (Å²) < 4.78 is 33.9. The Morgan fingerprint density at radius 3 is 2.71 bits per heavy atom. The number of methoxy groups -OCH3 is 1. The van der Waals surface area contributed by atoms with Crippen LogP contribution < -0.4 is 20.1 Å². The second-order valence-electron chi connectivity index (χ2n) is 4.85. The Kier molecular flexibility index (Phi) is 5.89. The standard InChI is InChI=1S/C16H17F2N3O3/c1-10(11-4-3-5-13(8-11)24-15(17)18)20-16(22)21-14-9-12(23-2)6-7-19-14/h3-10,15H,1-2H3,(H2,19,20,21,22). The van der Waals surface area contributed by atoms with Crippen LogP contribution in [0.15, 0.2) is 42.6 Å². The quantitative estimate of drug-likeness (QED) is 0.845. The van der Waals surface area contributed by atoms with E-state index in [9.17, 15) is 13.6 Å². The van der Waals surface area contributed by atoms with Crippen LogP contribution in [0.5, 0.6) is 11.5 Å². The number of amides is 2. The molecule has 24 heavy (non-hydrogen) atoms. The Bertz CT molecular complexity index is 698. The van der Waals surface area contributed by atoms with Gasteiger partial charge in [-0.1, -0.05) is 12.1 Å². The molecule has 0 aliphatic rings. The van der Waals surface area contributed by atoms with E-state index in [1.165, 1.54) is 25.4 Å². The summed E-state index contributed by atoms with van der Waals surface area (Å²) in [5.41, 5.74) is 0.627. The molecule has 0 saturated carbocycles. The molecule has 0 aliphatic carbocycles. The van der Waals surface area contributed by atoms with Gasteiger partial charge in [0.1, 0.15) is 17.3 Å². The summed E-state index contributed by atoms with van der Waals surface area (Å²) in [6.07, 6.45) is 1.50. The highest BCUT2D eigenvalue weighted by molar-refractivity contribution is 5.88. The second kappa shape index (κ2) is 8.09. The highest BCUT2D eigenvalue weighted by atomic mass is 19.3. The summed E-state index contributed by atoms with van der Waals surface area (Å²) in [5, 5.41) is 5.26. The minimum absolute atomic E-state index is 0.0334. The number of rotatable bonds is 6. The summed E-state index contributed by atoms with van der Waals surface area (Å²) >= 11 is 0. The Morgan fingerprint density at radius 1 is 1.21 bits per heavy atom. The molecule has 1 aromatic heterocycles. The van der Waals surface area contributed by atoms with Crippen molar-refractivity contribution in [2.24, 2.45) is 0 Å². The van der Waals surface area contributed by atoms with Gasteiger partial charge in [0.25, 0.3) is 0 Å². The van der Waals surface area contributed by atoms with E-state index in [-0.39, 0.29) is 5.75 Å². The Morgan fingerprint density at radius 2 is 2.00 bits per heavy atom. The highest BCUT2D eigenvalue weighted by Crippen LogP contribution is 2.21. The lowest BCUT2D eigenvalue weighted by Crippen LogP contribution is -2.31. The number of aromatic nitrogens is 1. The van der Waals surface area contributed by atoms with Crippen molar-refractivity contribution in [2.75, 3.05) is 12.4 Å². The van der Waals surface area contributed by atoms with Crippen molar-refractivity contribution >= 4 is 11.8 Å². The molecule has 1 aromatic carbocycles. The van der Waals surface area contributed by atoms with Crippen LogP contribution in [0.2, 0.25) is 0 Å². The van der Waals surface area contributed by atoms with E-state index in [0.29, 0.717) is 17.1 Å². The van der Waals surface area contributed by atoms with Gasteiger partial charge < -0.3 is 14.8 Å². The third kappa shape index (κ3) is 5.08. The van der Waals surface area contributed by atoms with Crippen LogP contribution in [-0.2, 0) is 0 Å². The maximum absolute atomic E-state index is 12.2. The number of alkyl halides is 2. The van der Waals surface area contributed by atoms with Crippen LogP contribution >= 0.6 is 0 Å². The van der Waals surface area contributed by atoms with Crippen molar-refractivity contribution in [1.29, 1.82) is 0 Å². The molecule has 2 rings (SSSR count). The first-order chi connectivity index (χ1) is 11.5. The number of hydrogen-bond donors (Lipinski definition) is 2. The average Bonchev–Trinajstić information content (AvgIpc) is 2.54. The van der Waals surface area contributed by atoms with Crippen molar-refractivity contribution < 1.29 is 23.0 Å². The minimum atomic E-state index is -2.90. The molecule has 0 fully saturated rings. The fraction of sp³-hybridized carbons (Fsp3) is 0.250. The third-order valence-corrected chi connectivity index (χ3v) is 3.14. The molecule has 0 radical (unpaired) electrons. The summed E-state index contributed by atoms with van der Waals surface area (Å²) in [6.45, 7) is -1.17. The van der Waals surface area contributed by atoms with E-state index in [2.05, 4.69) is 20.4 Å². The van der Waals surface area contributed by atoms with Crippen LogP contribution in [0, 0.1) is 0 Å². The van der Waals surface area contributed by atoms with Gasteiger partial charge in [0, 0.05) is 12.3 Å². The van der Waals surface area contributed by atoms with Gasteiger partial charge in [-0.15, -0.1) is 0 Å². The predicted molar refractivity (Wildman–Crippen MR) is 84.4 cm³/mol. The van der Waals surface area contributed by atoms with E-state index in [4.69, 9.17) is 4.74 Å². The molecule has 2 N–H and O–H groups in total. The Hall–Kier alpha value is -2.90. The van der Waals surface area contributed by atoms with Crippen LogP contribution in [0.25, 0.3) is 0 Å². The Labute approximate surface area is 137 Å². The molecular weight excluding hydrogens is 320 g/mol. The molecule has 0 aliphatic heterocycles. The van der Waals surface area contributed by atoms with Gasteiger partial charge in [-0.3, -0.25) is 5.32 Å². The molecule has 0 bridgehead atoms. The maximum Gasteiger partial charge on any atom is 0.387 e. The van der Waals surface area contributed by atoms with Gasteiger partial charge in [-0.25, -0.2) is 9.78 Å². The molecule has 8 heteroatoms. The lowest BCUT2D eigenvalue weighted by Gasteiger charge is -2.16. The molecule has 1 unspecified atom stereocenters. The summed E-state index contributed by atoms with van der Waals surface area (Å²) in [7, 11) is 1.51. The van der Waals surface area contributed by atoms with Crippen molar-refractivity contribution in [3.63, 3.8) is 0 Å². The lowest BCUT2D eigenvalue weighted by molar-refractivity contribution is -0.0499. The molecule has 2 aromatic rings. The van der Waals surface area contributed by atoms with Crippen LogP contribution in [-0.4, -0.2) is 24.7 Å². The van der Waals surface area contributed by atoms with Crippen LogP contribution in [0.4, 0.5) is 19.4 Å². The van der Waals surface area contributed by atoms with E-state index in [1.807, 2.05) is 0 Å². The van der Waals surface area contributed by atoms with Gasteiger partial charge in [-0.2, -0.15) is 8.78 Å². The molecule has 6 nitrogen and oxygen atoms in total. The van der Waals surface area contributed by atoms with Gasteiger partial charge in [0.2, 0.25) is 0 Å². The first kappa shape index (κ1) is 17.5. The first-order valence-electron chi connectivity index (χ1n) is 7.10. The third-order valence-electron chi connectivity index (χ3n) is 3.14. The van der Waals surface area contributed by atoms with Crippen LogP contribution in [0.1, 0.15) is 18.5 Å². The topological polar surface area (TPSA) is 72.5 Å².